The summed E-state index contributed by atoms with van der Waals surface area (Å²) >= 11 is 0. The van der Waals surface area contributed by atoms with Crippen LogP contribution in [0.2, 0.25) is 0 Å². The Morgan fingerprint density at radius 1 is 0.902 bits per heavy atom. The van der Waals surface area contributed by atoms with Crippen molar-refractivity contribution in [2.24, 2.45) is 0 Å². The standard InChI is InChI=1S/C26H19FN4O3.C2HF3O2/c27-20-13-30-26-25(19-11-21(29-14-22(19)31-26)17-5-2-8-28-12-17)24(20)16-4-1-3-15(9-16)10-18(32)6-7-23(33)34;3-2(4,5)1(6)7/h1-5,8-9,11-14H,6-7,10H2,(H,30,31)(H,33,34);(H,6,7). The Labute approximate surface area is 228 Å². The van der Waals surface area contributed by atoms with E-state index in [-0.39, 0.29) is 25.0 Å². The Hall–Kier alpha value is -5.20. The first-order chi connectivity index (χ1) is 19.4. The van der Waals surface area contributed by atoms with Crippen LogP contribution in [-0.4, -0.2) is 54.0 Å². The van der Waals surface area contributed by atoms with Crippen molar-refractivity contribution < 1.29 is 42.2 Å². The third kappa shape index (κ3) is 6.87. The number of nitrogens with zero attached hydrogens (tertiary/aromatic N) is 3. The van der Waals surface area contributed by atoms with Gasteiger partial charge in [-0.25, -0.2) is 14.2 Å². The fraction of sp³-hybridized carbons (Fsp3) is 0.143. The van der Waals surface area contributed by atoms with Gasteiger partial charge in [-0.05, 0) is 29.3 Å². The average Bonchev–Trinajstić information content (AvgIpc) is 3.30. The molecule has 0 saturated heterocycles. The topological polar surface area (TPSA) is 146 Å². The van der Waals surface area contributed by atoms with Crippen molar-refractivity contribution in [3.8, 4) is 22.4 Å². The Morgan fingerprint density at radius 3 is 2.29 bits per heavy atom. The minimum absolute atomic E-state index is 0.0417. The molecule has 0 aliphatic rings. The summed E-state index contributed by atoms with van der Waals surface area (Å²) in [5, 5.41) is 17.3. The number of aliphatic carboxylic acids is 2. The molecular formula is C28H20F4N4O5. The van der Waals surface area contributed by atoms with Crippen LogP contribution in [0.25, 0.3) is 44.3 Å². The summed E-state index contributed by atoms with van der Waals surface area (Å²) in [5.41, 5.74) is 4.46. The number of ketones is 1. The summed E-state index contributed by atoms with van der Waals surface area (Å²) in [6, 6.07) is 12.7. The maximum Gasteiger partial charge on any atom is 0.490 e. The van der Waals surface area contributed by atoms with E-state index >= 15 is 4.39 Å². The molecule has 4 heterocycles. The predicted molar refractivity (Wildman–Crippen MR) is 139 cm³/mol. The van der Waals surface area contributed by atoms with Gasteiger partial charge in [0, 0.05) is 47.1 Å². The summed E-state index contributed by atoms with van der Waals surface area (Å²) in [4.78, 5) is 47.9. The van der Waals surface area contributed by atoms with E-state index in [4.69, 9.17) is 15.0 Å². The van der Waals surface area contributed by atoms with Gasteiger partial charge in [0.15, 0.2) is 0 Å². The largest absolute Gasteiger partial charge is 0.490 e. The molecule has 0 bridgehead atoms. The Kier molecular flexibility index (Phi) is 8.36. The van der Waals surface area contributed by atoms with E-state index in [1.165, 1.54) is 6.20 Å². The zero-order chi connectivity index (χ0) is 29.7. The van der Waals surface area contributed by atoms with Crippen LogP contribution in [0, 0.1) is 5.82 Å². The van der Waals surface area contributed by atoms with Gasteiger partial charge in [0.2, 0.25) is 0 Å². The Bertz CT molecular complexity index is 1750. The molecule has 0 aliphatic carbocycles. The Balaban J connectivity index is 0.000000493. The summed E-state index contributed by atoms with van der Waals surface area (Å²) in [7, 11) is 0. The van der Waals surface area contributed by atoms with Crippen LogP contribution >= 0.6 is 0 Å². The highest BCUT2D eigenvalue weighted by molar-refractivity contribution is 6.13. The minimum Gasteiger partial charge on any atom is -0.481 e. The number of alkyl halides is 3. The number of aromatic nitrogens is 4. The van der Waals surface area contributed by atoms with Crippen molar-refractivity contribution in [2.45, 2.75) is 25.4 Å². The van der Waals surface area contributed by atoms with E-state index in [2.05, 4.69) is 19.9 Å². The molecule has 0 amide bonds. The number of Topliss-reactive ketones (excluding diaryl/α,β-unsaturated/α-hetero) is 1. The lowest BCUT2D eigenvalue weighted by Gasteiger charge is -2.09. The average molecular weight is 568 g/mol. The molecule has 0 radical (unpaired) electrons. The van der Waals surface area contributed by atoms with E-state index in [0.717, 1.165) is 16.5 Å². The SMILES string of the molecule is O=C(O)C(F)(F)F.O=C(O)CCC(=O)Cc1cccc(-c2c(F)cnc3[nH]c4cnc(-c5cccnc5)cc4c23)c1. The molecule has 210 valence electrons. The van der Waals surface area contributed by atoms with Crippen LogP contribution in [0.4, 0.5) is 17.6 Å². The maximum absolute atomic E-state index is 15.2. The number of carboxylic acids is 2. The zero-order valence-electron chi connectivity index (χ0n) is 20.9. The molecule has 3 N–H and O–H groups in total. The number of benzene rings is 1. The number of rotatable bonds is 7. The summed E-state index contributed by atoms with van der Waals surface area (Å²) in [6.07, 6.45) is 1.02. The molecule has 0 spiro atoms. The van der Waals surface area contributed by atoms with Gasteiger partial charge in [0.1, 0.15) is 17.2 Å². The van der Waals surface area contributed by atoms with Crippen LogP contribution in [0.1, 0.15) is 18.4 Å². The van der Waals surface area contributed by atoms with Gasteiger partial charge in [-0.15, -0.1) is 0 Å². The number of carbonyl (C=O) groups excluding carboxylic acids is 1. The molecular weight excluding hydrogens is 548 g/mol. The fourth-order valence-electron chi connectivity index (χ4n) is 4.09. The molecule has 5 rings (SSSR count). The van der Waals surface area contributed by atoms with Crippen molar-refractivity contribution in [2.75, 3.05) is 0 Å². The number of hydrogen-bond acceptors (Lipinski definition) is 6. The van der Waals surface area contributed by atoms with Gasteiger partial charge in [-0.2, -0.15) is 13.2 Å². The highest BCUT2D eigenvalue weighted by Crippen LogP contribution is 2.36. The van der Waals surface area contributed by atoms with Crippen LogP contribution in [0.5, 0.6) is 0 Å². The molecule has 0 saturated carbocycles. The molecule has 0 unspecified atom stereocenters. The molecule has 4 aromatic heterocycles. The normalized spacial score (nSPS) is 11.2. The van der Waals surface area contributed by atoms with Crippen molar-refractivity contribution in [1.82, 2.24) is 19.9 Å². The molecule has 9 nitrogen and oxygen atoms in total. The van der Waals surface area contributed by atoms with E-state index in [1.807, 2.05) is 18.2 Å². The number of nitrogens with one attached hydrogen (secondary N) is 1. The molecule has 1 aromatic carbocycles. The monoisotopic (exact) mass is 568 g/mol. The van der Waals surface area contributed by atoms with Gasteiger partial charge in [-0.1, -0.05) is 24.3 Å². The molecule has 5 aromatic rings. The van der Waals surface area contributed by atoms with Crippen molar-refractivity contribution in [3.05, 3.63) is 78.6 Å². The summed E-state index contributed by atoms with van der Waals surface area (Å²) in [5.74, 6) is -4.43. The van der Waals surface area contributed by atoms with E-state index < -0.39 is 23.9 Å². The van der Waals surface area contributed by atoms with Gasteiger partial charge in [0.25, 0.3) is 0 Å². The number of H-pyrrole nitrogens is 1. The van der Waals surface area contributed by atoms with Gasteiger partial charge < -0.3 is 15.2 Å². The lowest BCUT2D eigenvalue weighted by molar-refractivity contribution is -0.192. The molecule has 0 fully saturated rings. The second-order valence-electron chi connectivity index (χ2n) is 8.80. The molecule has 0 aliphatic heterocycles. The van der Waals surface area contributed by atoms with E-state index in [0.29, 0.717) is 33.4 Å². The highest BCUT2D eigenvalue weighted by Gasteiger charge is 2.38. The predicted octanol–water partition coefficient (Wildman–Crippen LogP) is 5.59. The number of pyridine rings is 3. The van der Waals surface area contributed by atoms with Gasteiger partial charge in [-0.3, -0.25) is 19.6 Å². The van der Waals surface area contributed by atoms with E-state index in [1.54, 1.807) is 42.9 Å². The van der Waals surface area contributed by atoms with Crippen LogP contribution in [0.15, 0.2) is 67.3 Å². The van der Waals surface area contributed by atoms with E-state index in [9.17, 15) is 22.8 Å². The van der Waals surface area contributed by atoms with Crippen LogP contribution < -0.4 is 0 Å². The summed E-state index contributed by atoms with van der Waals surface area (Å²) in [6.45, 7) is 0. The first-order valence-electron chi connectivity index (χ1n) is 11.9. The number of fused-ring (bicyclic) bond motifs is 3. The smallest absolute Gasteiger partial charge is 0.481 e. The minimum atomic E-state index is -5.08. The molecule has 13 heteroatoms. The lowest BCUT2D eigenvalue weighted by atomic mass is 9.97. The zero-order valence-corrected chi connectivity index (χ0v) is 20.9. The molecule has 0 atom stereocenters. The third-order valence-corrected chi connectivity index (χ3v) is 5.89. The van der Waals surface area contributed by atoms with Crippen molar-refractivity contribution >= 4 is 39.7 Å². The first-order valence-corrected chi connectivity index (χ1v) is 11.9. The summed E-state index contributed by atoms with van der Waals surface area (Å²) < 4.78 is 46.9. The van der Waals surface area contributed by atoms with Crippen LogP contribution in [-0.2, 0) is 20.8 Å². The maximum atomic E-state index is 15.2. The second kappa shape index (κ2) is 11.9. The Morgan fingerprint density at radius 2 is 1.63 bits per heavy atom. The van der Waals surface area contributed by atoms with Crippen molar-refractivity contribution in [3.63, 3.8) is 0 Å². The number of halogens is 4. The third-order valence-electron chi connectivity index (χ3n) is 5.89. The van der Waals surface area contributed by atoms with Gasteiger partial charge in [0.05, 0.1) is 30.0 Å². The second-order valence-corrected chi connectivity index (χ2v) is 8.80. The number of carbonyl (C=O) groups is 3. The highest BCUT2D eigenvalue weighted by atomic mass is 19.4. The van der Waals surface area contributed by atoms with Crippen molar-refractivity contribution in [1.29, 1.82) is 0 Å². The number of hydrogen-bond donors (Lipinski definition) is 3. The fourth-order valence-corrected chi connectivity index (χ4v) is 4.09. The number of aromatic amines is 1. The van der Waals surface area contributed by atoms with Gasteiger partial charge >= 0.3 is 18.1 Å². The molecule has 41 heavy (non-hydrogen) atoms. The quantitative estimate of drug-likeness (QED) is 0.216. The lowest BCUT2D eigenvalue weighted by Crippen LogP contribution is -2.21. The first kappa shape index (κ1) is 28.8. The number of carboxylic acid groups (broad SMARTS) is 2. The van der Waals surface area contributed by atoms with Crippen LogP contribution in [0.3, 0.4) is 0 Å².